The van der Waals surface area contributed by atoms with Gasteiger partial charge in [-0.25, -0.2) is 0 Å². The van der Waals surface area contributed by atoms with Crippen molar-refractivity contribution in [3.8, 4) is 5.75 Å². The van der Waals surface area contributed by atoms with Crippen LogP contribution >= 0.6 is 0 Å². The molecule has 0 radical (unpaired) electrons. The molecule has 1 heterocycles. The first-order valence-corrected chi connectivity index (χ1v) is 9.90. The van der Waals surface area contributed by atoms with Gasteiger partial charge in [-0.1, -0.05) is 42.5 Å². The number of rotatable bonds is 6. The number of benzene rings is 2. The minimum atomic E-state index is 0.211. The first-order valence-electron chi connectivity index (χ1n) is 9.90. The van der Waals surface area contributed by atoms with Crippen LogP contribution in [0.4, 0.5) is 0 Å². The monoisotopic (exact) mass is 351 g/mol. The van der Waals surface area contributed by atoms with Crippen LogP contribution in [0.2, 0.25) is 0 Å². The number of phenolic OH excluding ortho intramolecular Hbond substituents is 1. The molecule has 2 fully saturated rings. The molecule has 1 aliphatic heterocycles. The maximum Gasteiger partial charge on any atom is 0.115 e. The summed E-state index contributed by atoms with van der Waals surface area (Å²) in [6, 6.07) is 18.5. The molecular weight excluding hydrogens is 322 g/mol. The van der Waals surface area contributed by atoms with Crippen molar-refractivity contribution in [2.45, 2.75) is 31.1 Å². The molecule has 2 aromatic carbocycles. The van der Waals surface area contributed by atoms with Gasteiger partial charge in [0.25, 0.3) is 0 Å². The summed E-state index contributed by atoms with van der Waals surface area (Å²) in [5.74, 6) is 3.01. The smallest absolute Gasteiger partial charge is 0.115 e. The Bertz CT molecular complexity index is 686. The third kappa shape index (κ3) is 3.79. The van der Waals surface area contributed by atoms with Crippen LogP contribution in [0.5, 0.6) is 5.75 Å². The highest BCUT2D eigenvalue weighted by Crippen LogP contribution is 2.46. The second-order valence-electron chi connectivity index (χ2n) is 8.12. The summed E-state index contributed by atoms with van der Waals surface area (Å²) in [6.45, 7) is 3.60. The van der Waals surface area contributed by atoms with E-state index in [0.29, 0.717) is 11.7 Å². The summed E-state index contributed by atoms with van der Waals surface area (Å²) < 4.78 is 0. The Labute approximate surface area is 156 Å². The lowest BCUT2D eigenvalue weighted by molar-refractivity contribution is 0.238. The first kappa shape index (κ1) is 17.6. The van der Waals surface area contributed by atoms with Crippen LogP contribution in [0.25, 0.3) is 0 Å². The van der Waals surface area contributed by atoms with E-state index in [4.69, 9.17) is 0 Å². The SMILES string of the molecule is OCCC(CN1C[C@H]2CC(c3ccccc3)C[C@H]2C1)c1ccc(O)cc1. The lowest BCUT2D eigenvalue weighted by atomic mass is 9.94. The van der Waals surface area contributed by atoms with Crippen LogP contribution in [0, 0.1) is 11.8 Å². The van der Waals surface area contributed by atoms with E-state index in [1.165, 1.54) is 37.1 Å². The van der Waals surface area contributed by atoms with Gasteiger partial charge in [-0.3, -0.25) is 0 Å². The van der Waals surface area contributed by atoms with Crippen molar-refractivity contribution in [2.75, 3.05) is 26.2 Å². The molecule has 2 N–H and O–H groups in total. The average Bonchev–Trinajstić information content (AvgIpc) is 3.21. The first-order chi connectivity index (χ1) is 12.7. The minimum absolute atomic E-state index is 0.211. The van der Waals surface area contributed by atoms with Gasteiger partial charge in [0, 0.05) is 26.2 Å². The van der Waals surface area contributed by atoms with E-state index in [2.05, 4.69) is 35.2 Å². The van der Waals surface area contributed by atoms with Crippen molar-refractivity contribution >= 4 is 0 Å². The molecule has 26 heavy (non-hydrogen) atoms. The molecule has 2 unspecified atom stereocenters. The predicted molar refractivity (Wildman–Crippen MR) is 104 cm³/mol. The number of aromatic hydroxyl groups is 1. The molecule has 0 amide bonds. The fourth-order valence-corrected chi connectivity index (χ4v) is 5.12. The Morgan fingerprint density at radius 3 is 2.19 bits per heavy atom. The number of hydrogen-bond donors (Lipinski definition) is 2. The van der Waals surface area contributed by atoms with Crippen molar-refractivity contribution in [1.82, 2.24) is 4.90 Å². The van der Waals surface area contributed by atoms with Crippen LogP contribution in [0.3, 0.4) is 0 Å². The van der Waals surface area contributed by atoms with Crippen molar-refractivity contribution in [3.05, 3.63) is 65.7 Å². The van der Waals surface area contributed by atoms with Gasteiger partial charge in [0.2, 0.25) is 0 Å². The second-order valence-corrected chi connectivity index (χ2v) is 8.12. The largest absolute Gasteiger partial charge is 0.508 e. The highest BCUT2D eigenvalue weighted by molar-refractivity contribution is 5.28. The van der Waals surface area contributed by atoms with E-state index in [-0.39, 0.29) is 6.61 Å². The van der Waals surface area contributed by atoms with Gasteiger partial charge in [0.15, 0.2) is 0 Å². The molecule has 0 aromatic heterocycles. The van der Waals surface area contributed by atoms with E-state index >= 15 is 0 Å². The molecule has 2 aliphatic rings. The number of aliphatic hydroxyl groups is 1. The van der Waals surface area contributed by atoms with E-state index < -0.39 is 0 Å². The van der Waals surface area contributed by atoms with Gasteiger partial charge in [-0.15, -0.1) is 0 Å². The number of fused-ring (bicyclic) bond motifs is 1. The van der Waals surface area contributed by atoms with Gasteiger partial charge < -0.3 is 15.1 Å². The van der Waals surface area contributed by atoms with Gasteiger partial charge in [0.1, 0.15) is 5.75 Å². The normalized spacial score (nSPS) is 26.7. The van der Waals surface area contributed by atoms with Crippen LogP contribution in [0.1, 0.15) is 42.2 Å². The molecule has 1 aliphatic carbocycles. The summed E-state index contributed by atoms with van der Waals surface area (Å²) in [5, 5.41) is 19.0. The van der Waals surface area contributed by atoms with Gasteiger partial charge >= 0.3 is 0 Å². The number of likely N-dealkylation sites (tertiary alicyclic amines) is 1. The molecule has 4 rings (SSSR count). The number of aliphatic hydroxyl groups excluding tert-OH is 1. The summed E-state index contributed by atoms with van der Waals surface area (Å²) in [7, 11) is 0. The standard InChI is InChI=1S/C23H29NO2/c25-11-10-19(18-6-8-23(26)9-7-18)14-24-15-21-12-20(13-22(21)16-24)17-4-2-1-3-5-17/h1-9,19-22,25-26H,10-16H2/t19?,20?,21-,22+. The Hall–Kier alpha value is -1.84. The molecule has 4 atom stereocenters. The Kier molecular flexibility index (Phi) is 5.28. The lowest BCUT2D eigenvalue weighted by Gasteiger charge is -2.25. The molecule has 0 bridgehead atoms. The predicted octanol–water partition coefficient (Wildman–Crippen LogP) is 3.98. The number of nitrogens with zero attached hydrogens (tertiary/aromatic N) is 1. The molecule has 138 valence electrons. The summed E-state index contributed by atoms with van der Waals surface area (Å²) in [5.41, 5.74) is 2.73. The Balaban J connectivity index is 1.36. The van der Waals surface area contributed by atoms with Crippen LogP contribution in [-0.4, -0.2) is 41.4 Å². The number of phenols is 1. The molecule has 3 heteroatoms. The highest BCUT2D eigenvalue weighted by Gasteiger charge is 2.41. The van der Waals surface area contributed by atoms with Gasteiger partial charge in [0.05, 0.1) is 0 Å². The number of hydrogen-bond acceptors (Lipinski definition) is 3. The zero-order valence-corrected chi connectivity index (χ0v) is 15.3. The van der Waals surface area contributed by atoms with E-state index in [9.17, 15) is 10.2 Å². The summed E-state index contributed by atoms with van der Waals surface area (Å²) >= 11 is 0. The summed E-state index contributed by atoms with van der Waals surface area (Å²) in [6.07, 6.45) is 3.41. The second kappa shape index (κ2) is 7.81. The quantitative estimate of drug-likeness (QED) is 0.827. The van der Waals surface area contributed by atoms with Crippen LogP contribution < -0.4 is 0 Å². The fraction of sp³-hybridized carbons (Fsp3) is 0.478. The van der Waals surface area contributed by atoms with E-state index in [0.717, 1.165) is 30.7 Å². The average molecular weight is 351 g/mol. The highest BCUT2D eigenvalue weighted by atomic mass is 16.3. The zero-order chi connectivity index (χ0) is 17.9. The van der Waals surface area contributed by atoms with Gasteiger partial charge in [-0.2, -0.15) is 0 Å². The maximum absolute atomic E-state index is 9.52. The third-order valence-corrected chi connectivity index (χ3v) is 6.42. The van der Waals surface area contributed by atoms with E-state index in [1.54, 1.807) is 12.1 Å². The molecule has 3 nitrogen and oxygen atoms in total. The summed E-state index contributed by atoms with van der Waals surface area (Å²) in [4.78, 5) is 2.60. The van der Waals surface area contributed by atoms with Crippen LogP contribution in [-0.2, 0) is 0 Å². The van der Waals surface area contributed by atoms with Gasteiger partial charge in [-0.05, 0) is 66.2 Å². The molecular formula is C23H29NO2. The van der Waals surface area contributed by atoms with Crippen LogP contribution in [0.15, 0.2) is 54.6 Å². The Morgan fingerprint density at radius 1 is 0.923 bits per heavy atom. The molecule has 0 spiro atoms. The van der Waals surface area contributed by atoms with Crippen molar-refractivity contribution in [1.29, 1.82) is 0 Å². The fourth-order valence-electron chi connectivity index (χ4n) is 5.12. The van der Waals surface area contributed by atoms with Crippen molar-refractivity contribution in [3.63, 3.8) is 0 Å². The minimum Gasteiger partial charge on any atom is -0.508 e. The molecule has 1 saturated heterocycles. The van der Waals surface area contributed by atoms with Crippen molar-refractivity contribution in [2.24, 2.45) is 11.8 Å². The van der Waals surface area contributed by atoms with Crippen molar-refractivity contribution < 1.29 is 10.2 Å². The zero-order valence-electron chi connectivity index (χ0n) is 15.3. The topological polar surface area (TPSA) is 43.7 Å². The molecule has 2 aromatic rings. The lowest BCUT2D eigenvalue weighted by Crippen LogP contribution is -2.28. The third-order valence-electron chi connectivity index (χ3n) is 6.42. The van der Waals surface area contributed by atoms with E-state index in [1.807, 2.05) is 12.1 Å². The molecule has 1 saturated carbocycles. The Morgan fingerprint density at radius 2 is 1.58 bits per heavy atom. The maximum atomic E-state index is 9.52.